The van der Waals surface area contributed by atoms with Crippen molar-refractivity contribution in [3.05, 3.63) is 0 Å². The quantitative estimate of drug-likeness (QED) is 0.793. The summed E-state index contributed by atoms with van der Waals surface area (Å²) >= 11 is 0. The number of piperidine rings is 1. The molecule has 16 heavy (non-hydrogen) atoms. The van der Waals surface area contributed by atoms with Crippen molar-refractivity contribution in [2.24, 2.45) is 17.8 Å². The summed E-state index contributed by atoms with van der Waals surface area (Å²) in [5.41, 5.74) is 0. The van der Waals surface area contributed by atoms with Crippen LogP contribution in [0.2, 0.25) is 0 Å². The Hall–Kier alpha value is -0.700. The summed E-state index contributed by atoms with van der Waals surface area (Å²) in [4.78, 5) is 23.5. The average Bonchev–Trinajstić information content (AvgIpc) is 2.27. The van der Waals surface area contributed by atoms with Gasteiger partial charge in [-0.2, -0.15) is 0 Å². The van der Waals surface area contributed by atoms with Crippen molar-refractivity contribution in [2.45, 2.75) is 46.6 Å². The largest absolute Gasteiger partial charge is 0.307 e. The van der Waals surface area contributed by atoms with Gasteiger partial charge in [0.05, 0.1) is 6.04 Å². The lowest BCUT2D eigenvalue weighted by atomic mass is 9.84. The lowest BCUT2D eigenvalue weighted by molar-refractivity contribution is -0.129. The molecule has 2 unspecified atom stereocenters. The highest BCUT2D eigenvalue weighted by Gasteiger charge is 2.30. The topological polar surface area (TPSA) is 46.2 Å². The Labute approximate surface area is 98.0 Å². The molecule has 92 valence electrons. The van der Waals surface area contributed by atoms with Crippen LogP contribution in [-0.2, 0) is 9.59 Å². The summed E-state index contributed by atoms with van der Waals surface area (Å²) in [6, 6.07) is -0.0313. The van der Waals surface area contributed by atoms with Crippen LogP contribution in [0.15, 0.2) is 0 Å². The lowest BCUT2D eigenvalue weighted by Crippen LogP contribution is -2.47. The zero-order chi connectivity index (χ0) is 12.3. The van der Waals surface area contributed by atoms with Gasteiger partial charge in [0.15, 0.2) is 5.78 Å². The van der Waals surface area contributed by atoms with Gasteiger partial charge >= 0.3 is 0 Å². The van der Waals surface area contributed by atoms with Crippen molar-refractivity contribution in [2.75, 3.05) is 6.54 Å². The molecule has 1 rings (SSSR count). The summed E-state index contributed by atoms with van der Waals surface area (Å²) in [7, 11) is 0. The van der Waals surface area contributed by atoms with Crippen molar-refractivity contribution >= 4 is 11.6 Å². The Morgan fingerprint density at radius 1 is 1.00 bits per heavy atom. The first-order valence-corrected chi connectivity index (χ1v) is 6.24. The third-order valence-electron chi connectivity index (χ3n) is 3.30. The lowest BCUT2D eigenvalue weighted by Gasteiger charge is -2.30. The standard InChI is InChI=1S/C13H23NO2/c1-8(2)12(15)10-5-6-11(14-7-10)13(16)9(3)4/h8-11,14H,5-7H2,1-4H3. The molecule has 0 aromatic heterocycles. The van der Waals surface area contributed by atoms with E-state index in [0.717, 1.165) is 12.8 Å². The van der Waals surface area contributed by atoms with Crippen LogP contribution in [0.5, 0.6) is 0 Å². The van der Waals surface area contributed by atoms with Gasteiger partial charge in [0.2, 0.25) is 0 Å². The van der Waals surface area contributed by atoms with E-state index in [1.165, 1.54) is 0 Å². The monoisotopic (exact) mass is 225 g/mol. The van der Waals surface area contributed by atoms with E-state index in [-0.39, 0.29) is 29.6 Å². The van der Waals surface area contributed by atoms with Crippen molar-refractivity contribution in [3.63, 3.8) is 0 Å². The van der Waals surface area contributed by atoms with Gasteiger partial charge in [-0.05, 0) is 12.8 Å². The number of hydrogen-bond acceptors (Lipinski definition) is 3. The van der Waals surface area contributed by atoms with Crippen LogP contribution >= 0.6 is 0 Å². The van der Waals surface area contributed by atoms with Gasteiger partial charge in [-0.3, -0.25) is 9.59 Å². The smallest absolute Gasteiger partial charge is 0.152 e. The van der Waals surface area contributed by atoms with Crippen LogP contribution in [0.1, 0.15) is 40.5 Å². The zero-order valence-electron chi connectivity index (χ0n) is 10.7. The van der Waals surface area contributed by atoms with Crippen LogP contribution in [0.25, 0.3) is 0 Å². The Bertz CT molecular complexity index is 235. The predicted octanol–water partition coefficient (Wildman–Crippen LogP) is 1.80. The molecule has 0 amide bonds. The highest BCUT2D eigenvalue weighted by molar-refractivity contribution is 5.87. The third-order valence-corrected chi connectivity index (χ3v) is 3.30. The molecule has 0 bridgehead atoms. The number of rotatable bonds is 4. The molecule has 0 spiro atoms. The van der Waals surface area contributed by atoms with Crippen molar-refractivity contribution in [1.82, 2.24) is 5.32 Å². The fourth-order valence-corrected chi connectivity index (χ4v) is 2.22. The first-order chi connectivity index (χ1) is 7.43. The minimum Gasteiger partial charge on any atom is -0.307 e. The number of nitrogens with one attached hydrogen (secondary N) is 1. The van der Waals surface area contributed by atoms with Crippen molar-refractivity contribution in [1.29, 1.82) is 0 Å². The van der Waals surface area contributed by atoms with Crippen LogP contribution in [0, 0.1) is 17.8 Å². The molecule has 3 heteroatoms. The normalized spacial score (nSPS) is 26.1. The van der Waals surface area contributed by atoms with Crippen LogP contribution in [0.3, 0.4) is 0 Å². The summed E-state index contributed by atoms with van der Waals surface area (Å²) in [6.45, 7) is 8.40. The van der Waals surface area contributed by atoms with E-state index in [1.807, 2.05) is 27.7 Å². The highest BCUT2D eigenvalue weighted by Crippen LogP contribution is 2.20. The molecule has 0 aromatic carbocycles. The maximum atomic E-state index is 11.8. The average molecular weight is 225 g/mol. The van der Waals surface area contributed by atoms with Crippen molar-refractivity contribution < 1.29 is 9.59 Å². The number of Topliss-reactive ketones (excluding diaryl/α,β-unsaturated/α-hetero) is 2. The molecule has 0 aromatic rings. The van der Waals surface area contributed by atoms with Gasteiger partial charge in [-0.25, -0.2) is 0 Å². The molecular formula is C13H23NO2. The third kappa shape index (κ3) is 3.14. The number of carbonyl (C=O) groups excluding carboxylic acids is 2. The molecule has 1 N–H and O–H groups in total. The van der Waals surface area contributed by atoms with Crippen LogP contribution in [-0.4, -0.2) is 24.2 Å². The van der Waals surface area contributed by atoms with Gasteiger partial charge in [-0.1, -0.05) is 27.7 Å². The van der Waals surface area contributed by atoms with Crippen molar-refractivity contribution in [3.8, 4) is 0 Å². The molecular weight excluding hydrogens is 202 g/mol. The second-order valence-corrected chi connectivity index (χ2v) is 5.35. The molecule has 3 nitrogen and oxygen atoms in total. The molecule has 2 atom stereocenters. The Balaban J connectivity index is 2.45. The maximum Gasteiger partial charge on any atom is 0.152 e. The number of hydrogen-bond donors (Lipinski definition) is 1. The minimum atomic E-state index is -0.0313. The van der Waals surface area contributed by atoms with E-state index in [0.29, 0.717) is 12.3 Å². The van der Waals surface area contributed by atoms with E-state index in [9.17, 15) is 9.59 Å². The van der Waals surface area contributed by atoms with Gasteiger partial charge in [0.1, 0.15) is 5.78 Å². The minimum absolute atomic E-state index is 0.0313. The van der Waals surface area contributed by atoms with E-state index >= 15 is 0 Å². The SMILES string of the molecule is CC(C)C(=O)C1CCC(C(=O)C(C)C)NC1. The molecule has 1 fully saturated rings. The predicted molar refractivity (Wildman–Crippen MR) is 64.2 cm³/mol. The second kappa shape index (κ2) is 5.58. The van der Waals surface area contributed by atoms with Gasteiger partial charge in [0.25, 0.3) is 0 Å². The first kappa shape index (κ1) is 13.4. The Morgan fingerprint density at radius 3 is 1.94 bits per heavy atom. The molecule has 1 aliphatic heterocycles. The molecule has 0 aliphatic carbocycles. The van der Waals surface area contributed by atoms with Gasteiger partial charge in [0, 0.05) is 24.3 Å². The summed E-state index contributed by atoms with van der Waals surface area (Å²) in [5.74, 6) is 0.883. The summed E-state index contributed by atoms with van der Waals surface area (Å²) in [5, 5.41) is 3.22. The molecule has 1 aliphatic rings. The van der Waals surface area contributed by atoms with Crippen LogP contribution in [0.4, 0.5) is 0 Å². The van der Waals surface area contributed by atoms with Gasteiger partial charge < -0.3 is 5.32 Å². The summed E-state index contributed by atoms with van der Waals surface area (Å²) < 4.78 is 0. The van der Waals surface area contributed by atoms with E-state index in [1.54, 1.807) is 0 Å². The second-order valence-electron chi connectivity index (χ2n) is 5.35. The Kier molecular flexibility index (Phi) is 4.66. The first-order valence-electron chi connectivity index (χ1n) is 6.24. The van der Waals surface area contributed by atoms with E-state index < -0.39 is 0 Å². The summed E-state index contributed by atoms with van der Waals surface area (Å²) in [6.07, 6.45) is 1.66. The highest BCUT2D eigenvalue weighted by atomic mass is 16.1. The zero-order valence-corrected chi connectivity index (χ0v) is 10.7. The van der Waals surface area contributed by atoms with E-state index in [4.69, 9.17) is 0 Å². The maximum absolute atomic E-state index is 11.8. The molecule has 0 saturated carbocycles. The molecule has 1 heterocycles. The van der Waals surface area contributed by atoms with Crippen LogP contribution < -0.4 is 5.32 Å². The number of ketones is 2. The number of carbonyl (C=O) groups is 2. The molecule has 1 saturated heterocycles. The fourth-order valence-electron chi connectivity index (χ4n) is 2.22. The van der Waals surface area contributed by atoms with Gasteiger partial charge in [-0.15, -0.1) is 0 Å². The Morgan fingerprint density at radius 2 is 1.56 bits per heavy atom. The fraction of sp³-hybridized carbons (Fsp3) is 0.846. The van der Waals surface area contributed by atoms with E-state index in [2.05, 4.69) is 5.32 Å². The molecule has 0 radical (unpaired) electrons.